The number of para-hydroxylation sites is 1. The summed E-state index contributed by atoms with van der Waals surface area (Å²) < 4.78 is 10.7. The molecule has 0 aliphatic carbocycles. The van der Waals surface area contributed by atoms with Crippen molar-refractivity contribution in [3.05, 3.63) is 60.3 Å². The highest BCUT2D eigenvalue weighted by molar-refractivity contribution is 5.65. The van der Waals surface area contributed by atoms with Gasteiger partial charge in [-0.3, -0.25) is 0 Å². The predicted octanol–water partition coefficient (Wildman–Crippen LogP) is 4.43. The van der Waals surface area contributed by atoms with E-state index in [2.05, 4.69) is 61.5 Å². The van der Waals surface area contributed by atoms with Crippen molar-refractivity contribution in [3.63, 3.8) is 0 Å². The van der Waals surface area contributed by atoms with E-state index in [1.54, 1.807) is 14.2 Å². The molecule has 0 saturated carbocycles. The third kappa shape index (κ3) is 3.04. The summed E-state index contributed by atoms with van der Waals surface area (Å²) in [5.74, 6) is 1.53. The van der Waals surface area contributed by atoms with E-state index in [0.717, 1.165) is 17.2 Å². The minimum absolute atomic E-state index is 0.0491. The Hall–Kier alpha value is -2.62. The lowest BCUT2D eigenvalue weighted by Gasteiger charge is -2.29. The zero-order valence-corrected chi connectivity index (χ0v) is 15.5. The van der Waals surface area contributed by atoms with Gasteiger partial charge in [-0.25, -0.2) is 0 Å². The summed E-state index contributed by atoms with van der Waals surface area (Å²) in [4.78, 5) is 2.33. The van der Waals surface area contributed by atoms with Crippen molar-refractivity contribution >= 4 is 11.4 Å². The fourth-order valence-corrected chi connectivity index (χ4v) is 3.64. The molecular weight excluding hydrogens is 312 g/mol. The van der Waals surface area contributed by atoms with Crippen molar-refractivity contribution in [2.24, 2.45) is 0 Å². The molecule has 25 heavy (non-hydrogen) atoms. The maximum Gasteiger partial charge on any atom is 0.145 e. The van der Waals surface area contributed by atoms with Crippen LogP contribution in [0.1, 0.15) is 19.4 Å². The first kappa shape index (κ1) is 17.2. The minimum atomic E-state index is 0.0491. The summed E-state index contributed by atoms with van der Waals surface area (Å²) in [5.41, 5.74) is 3.64. The number of rotatable bonds is 5. The lowest BCUT2D eigenvalue weighted by molar-refractivity contribution is 0.395. The molecule has 4 nitrogen and oxygen atoms in total. The van der Waals surface area contributed by atoms with E-state index in [9.17, 15) is 0 Å². The van der Waals surface area contributed by atoms with Crippen LogP contribution in [0.4, 0.5) is 11.4 Å². The van der Waals surface area contributed by atoms with Gasteiger partial charge in [-0.15, -0.1) is 0 Å². The molecule has 0 bridgehead atoms. The molecule has 1 aliphatic rings. The van der Waals surface area contributed by atoms with Crippen LogP contribution >= 0.6 is 0 Å². The number of methoxy groups -OCH3 is 2. The van der Waals surface area contributed by atoms with Gasteiger partial charge in [0, 0.05) is 24.2 Å². The molecule has 1 heterocycles. The van der Waals surface area contributed by atoms with Crippen LogP contribution < -0.4 is 19.7 Å². The number of nitrogens with one attached hydrogen (secondary N) is 1. The van der Waals surface area contributed by atoms with Gasteiger partial charge in [0.25, 0.3) is 0 Å². The maximum absolute atomic E-state index is 5.44. The average molecular weight is 338 g/mol. The van der Waals surface area contributed by atoms with Crippen LogP contribution in [0.25, 0.3) is 0 Å². The maximum atomic E-state index is 5.44. The summed E-state index contributed by atoms with van der Waals surface area (Å²) in [6.07, 6.45) is 4.21. The molecule has 1 N–H and O–H groups in total. The summed E-state index contributed by atoms with van der Waals surface area (Å²) >= 11 is 0. The molecule has 3 rings (SSSR count). The molecule has 4 heteroatoms. The highest BCUT2D eigenvalue weighted by atomic mass is 16.5. The van der Waals surface area contributed by atoms with Gasteiger partial charge in [0.1, 0.15) is 11.5 Å². The van der Waals surface area contributed by atoms with E-state index in [-0.39, 0.29) is 11.5 Å². The Morgan fingerprint density at radius 2 is 1.84 bits per heavy atom. The zero-order valence-electron chi connectivity index (χ0n) is 15.5. The van der Waals surface area contributed by atoms with Crippen LogP contribution in [0.15, 0.2) is 54.7 Å². The standard InChI is InChI=1S/C21H26N2O2/c1-21(2)16-8-6-7-9-18(16)23(3)20(21)12-13-22-17-11-10-15(24-4)14-19(17)25-5/h6-14,20,22H,1-5H3/b13-12+. The lowest BCUT2D eigenvalue weighted by atomic mass is 9.80. The van der Waals surface area contributed by atoms with Gasteiger partial charge in [0.15, 0.2) is 0 Å². The topological polar surface area (TPSA) is 33.7 Å². The molecule has 132 valence electrons. The Balaban J connectivity index is 1.80. The van der Waals surface area contributed by atoms with Gasteiger partial charge in [-0.2, -0.15) is 0 Å². The van der Waals surface area contributed by atoms with Crippen molar-refractivity contribution < 1.29 is 9.47 Å². The van der Waals surface area contributed by atoms with Crippen molar-refractivity contribution in [2.45, 2.75) is 25.3 Å². The van der Waals surface area contributed by atoms with Crippen LogP contribution in [0, 0.1) is 0 Å². The van der Waals surface area contributed by atoms with Crippen molar-refractivity contribution in [2.75, 3.05) is 31.5 Å². The zero-order chi connectivity index (χ0) is 18.0. The van der Waals surface area contributed by atoms with Crippen LogP contribution in [0.5, 0.6) is 11.5 Å². The predicted molar refractivity (Wildman–Crippen MR) is 104 cm³/mol. The third-order valence-corrected chi connectivity index (χ3v) is 5.06. The van der Waals surface area contributed by atoms with E-state index in [0.29, 0.717) is 0 Å². The molecule has 1 atom stereocenters. The first-order chi connectivity index (χ1) is 12.0. The average Bonchev–Trinajstić information content (AvgIpc) is 2.82. The minimum Gasteiger partial charge on any atom is -0.497 e. The second kappa shape index (κ2) is 6.71. The van der Waals surface area contributed by atoms with Gasteiger partial charge in [0.05, 0.1) is 25.9 Å². The second-order valence-corrected chi connectivity index (χ2v) is 6.86. The normalized spacial score (nSPS) is 18.3. The number of nitrogens with zero attached hydrogens (tertiary/aromatic N) is 1. The molecule has 2 aromatic carbocycles. The summed E-state index contributed by atoms with van der Waals surface area (Å²) in [6, 6.07) is 14.6. The summed E-state index contributed by atoms with van der Waals surface area (Å²) in [7, 11) is 5.46. The summed E-state index contributed by atoms with van der Waals surface area (Å²) in [6.45, 7) is 4.58. The quantitative estimate of drug-likeness (QED) is 0.875. The monoisotopic (exact) mass is 338 g/mol. The van der Waals surface area contributed by atoms with Gasteiger partial charge in [-0.05, 0) is 36.0 Å². The molecule has 0 fully saturated rings. The molecule has 0 spiro atoms. The first-order valence-electron chi connectivity index (χ1n) is 8.46. The molecule has 0 amide bonds. The molecule has 2 aromatic rings. The van der Waals surface area contributed by atoms with Crippen LogP contribution in [-0.2, 0) is 5.41 Å². The van der Waals surface area contributed by atoms with Crippen molar-refractivity contribution in [3.8, 4) is 11.5 Å². The van der Waals surface area contributed by atoms with E-state index >= 15 is 0 Å². The number of anilines is 2. The number of ether oxygens (including phenoxy) is 2. The first-order valence-corrected chi connectivity index (χ1v) is 8.46. The Labute approximate surface area is 150 Å². The highest BCUT2D eigenvalue weighted by Gasteiger charge is 2.41. The van der Waals surface area contributed by atoms with Crippen LogP contribution in [0.2, 0.25) is 0 Å². The SMILES string of the molecule is COc1ccc(N/C=C/C2N(C)c3ccccc3C2(C)C)c(OC)c1. The van der Waals surface area contributed by atoms with E-state index in [4.69, 9.17) is 9.47 Å². The lowest BCUT2D eigenvalue weighted by Crippen LogP contribution is -2.37. The fourth-order valence-electron chi connectivity index (χ4n) is 3.64. The molecular formula is C21H26N2O2. The number of benzene rings is 2. The van der Waals surface area contributed by atoms with Crippen molar-refractivity contribution in [1.82, 2.24) is 0 Å². The summed E-state index contributed by atoms with van der Waals surface area (Å²) in [5, 5.41) is 3.34. The van der Waals surface area contributed by atoms with E-state index in [1.807, 2.05) is 24.4 Å². The van der Waals surface area contributed by atoms with Gasteiger partial charge in [0.2, 0.25) is 0 Å². The van der Waals surface area contributed by atoms with E-state index < -0.39 is 0 Å². The van der Waals surface area contributed by atoms with Crippen LogP contribution in [-0.4, -0.2) is 27.3 Å². The number of hydrogen-bond acceptors (Lipinski definition) is 4. The van der Waals surface area contributed by atoms with Crippen molar-refractivity contribution in [1.29, 1.82) is 0 Å². The molecule has 0 aromatic heterocycles. The number of hydrogen-bond donors (Lipinski definition) is 1. The third-order valence-electron chi connectivity index (χ3n) is 5.06. The molecule has 0 radical (unpaired) electrons. The largest absolute Gasteiger partial charge is 0.497 e. The Kier molecular flexibility index (Phi) is 4.62. The fraction of sp³-hybridized carbons (Fsp3) is 0.333. The van der Waals surface area contributed by atoms with E-state index in [1.165, 1.54) is 11.3 Å². The van der Waals surface area contributed by atoms with Crippen LogP contribution in [0.3, 0.4) is 0 Å². The Morgan fingerprint density at radius 1 is 1.08 bits per heavy atom. The van der Waals surface area contributed by atoms with Gasteiger partial charge in [-0.1, -0.05) is 32.0 Å². The van der Waals surface area contributed by atoms with Gasteiger partial charge >= 0.3 is 0 Å². The Morgan fingerprint density at radius 3 is 2.52 bits per heavy atom. The molecule has 1 aliphatic heterocycles. The molecule has 0 saturated heterocycles. The smallest absolute Gasteiger partial charge is 0.145 e. The Bertz CT molecular complexity index is 783. The number of likely N-dealkylation sites (N-methyl/N-ethyl adjacent to an activating group) is 1. The second-order valence-electron chi connectivity index (χ2n) is 6.86. The molecule has 1 unspecified atom stereocenters. The van der Waals surface area contributed by atoms with Gasteiger partial charge < -0.3 is 19.7 Å². The number of fused-ring (bicyclic) bond motifs is 1. The highest BCUT2D eigenvalue weighted by Crippen LogP contribution is 2.44.